The van der Waals surface area contributed by atoms with Crippen molar-refractivity contribution < 1.29 is 0 Å². The fraction of sp³-hybridized carbons (Fsp3) is 0.360. The van der Waals surface area contributed by atoms with Gasteiger partial charge in [-0.1, -0.05) is 12.1 Å². The van der Waals surface area contributed by atoms with Crippen molar-refractivity contribution in [2.24, 2.45) is 0 Å². The Morgan fingerprint density at radius 3 is 1.40 bits per heavy atom. The summed E-state index contributed by atoms with van der Waals surface area (Å²) in [7, 11) is 8.12. The maximum absolute atomic E-state index is 4.80. The lowest BCUT2D eigenvalue weighted by molar-refractivity contribution is 0.856. The van der Waals surface area contributed by atoms with E-state index in [4.69, 9.17) is 9.97 Å². The minimum Gasteiger partial charge on any atom is -0.376 e. The van der Waals surface area contributed by atoms with Crippen LogP contribution in [0.15, 0.2) is 60.9 Å². The standard InChI is InChI=1S/C25H33N5/c1-7-30(8-2)20-11-9-19(10-12-20)25(23-15-13-21(17-26-23)28(3)4)24-16-14-22(18-27-24)29(5)6/h9-18,25H,7-8H2,1-6H3. The molecule has 0 atom stereocenters. The summed E-state index contributed by atoms with van der Waals surface area (Å²) < 4.78 is 0. The molecule has 0 saturated heterocycles. The summed E-state index contributed by atoms with van der Waals surface area (Å²) in [5.41, 5.74) is 6.62. The van der Waals surface area contributed by atoms with Crippen LogP contribution in [0.5, 0.6) is 0 Å². The molecule has 30 heavy (non-hydrogen) atoms. The molecule has 5 heteroatoms. The molecule has 0 aliphatic carbocycles. The molecule has 158 valence electrons. The monoisotopic (exact) mass is 403 g/mol. The second-order valence-electron chi connectivity index (χ2n) is 7.87. The number of benzene rings is 1. The Labute approximate surface area is 181 Å². The van der Waals surface area contributed by atoms with Crippen LogP contribution in [0.2, 0.25) is 0 Å². The Balaban J connectivity index is 2.03. The average Bonchev–Trinajstić information content (AvgIpc) is 2.76. The largest absolute Gasteiger partial charge is 0.376 e. The Kier molecular flexibility index (Phi) is 6.93. The number of aromatic nitrogens is 2. The molecule has 2 aromatic heterocycles. The van der Waals surface area contributed by atoms with Crippen molar-refractivity contribution in [2.75, 3.05) is 56.0 Å². The summed E-state index contributed by atoms with van der Waals surface area (Å²) in [6, 6.07) is 17.3. The van der Waals surface area contributed by atoms with Crippen molar-refractivity contribution in [1.82, 2.24) is 9.97 Å². The summed E-state index contributed by atoms with van der Waals surface area (Å²) >= 11 is 0. The molecule has 0 aliphatic heterocycles. The number of hydrogen-bond donors (Lipinski definition) is 0. The van der Waals surface area contributed by atoms with Gasteiger partial charge >= 0.3 is 0 Å². The van der Waals surface area contributed by atoms with Crippen LogP contribution >= 0.6 is 0 Å². The van der Waals surface area contributed by atoms with E-state index < -0.39 is 0 Å². The van der Waals surface area contributed by atoms with Gasteiger partial charge in [0.05, 0.1) is 41.1 Å². The van der Waals surface area contributed by atoms with Crippen LogP contribution < -0.4 is 14.7 Å². The topological polar surface area (TPSA) is 35.5 Å². The van der Waals surface area contributed by atoms with Gasteiger partial charge in [-0.15, -0.1) is 0 Å². The summed E-state index contributed by atoms with van der Waals surface area (Å²) in [5.74, 6) is -0.0109. The number of pyridine rings is 2. The van der Waals surface area contributed by atoms with Crippen LogP contribution in [0.1, 0.15) is 36.7 Å². The van der Waals surface area contributed by atoms with Crippen molar-refractivity contribution in [1.29, 1.82) is 0 Å². The van der Waals surface area contributed by atoms with E-state index in [1.165, 1.54) is 11.3 Å². The molecule has 1 aromatic carbocycles. The van der Waals surface area contributed by atoms with E-state index in [-0.39, 0.29) is 5.92 Å². The molecule has 0 fully saturated rings. The molecule has 0 bridgehead atoms. The van der Waals surface area contributed by atoms with E-state index in [9.17, 15) is 0 Å². The number of rotatable bonds is 8. The first kappa shape index (κ1) is 21.6. The summed E-state index contributed by atoms with van der Waals surface area (Å²) in [4.78, 5) is 16.1. The van der Waals surface area contributed by atoms with E-state index in [1.807, 2.05) is 40.6 Å². The van der Waals surface area contributed by atoms with Gasteiger partial charge in [-0.05, 0) is 55.8 Å². The Morgan fingerprint density at radius 2 is 1.07 bits per heavy atom. The highest BCUT2D eigenvalue weighted by atomic mass is 15.1. The minimum atomic E-state index is -0.0109. The highest BCUT2D eigenvalue weighted by Crippen LogP contribution is 2.32. The van der Waals surface area contributed by atoms with Gasteiger partial charge < -0.3 is 14.7 Å². The first-order chi connectivity index (χ1) is 14.4. The second-order valence-corrected chi connectivity index (χ2v) is 7.87. The van der Waals surface area contributed by atoms with Crippen molar-refractivity contribution in [3.05, 3.63) is 77.9 Å². The van der Waals surface area contributed by atoms with Crippen molar-refractivity contribution in [3.8, 4) is 0 Å². The Morgan fingerprint density at radius 1 is 0.633 bits per heavy atom. The molecule has 0 radical (unpaired) electrons. The Bertz CT molecular complexity index is 860. The summed E-state index contributed by atoms with van der Waals surface area (Å²) in [6.45, 7) is 6.38. The van der Waals surface area contributed by atoms with Gasteiger partial charge in [-0.25, -0.2) is 0 Å². The highest BCUT2D eigenvalue weighted by Gasteiger charge is 2.20. The zero-order chi connectivity index (χ0) is 21.7. The van der Waals surface area contributed by atoms with Crippen molar-refractivity contribution in [2.45, 2.75) is 19.8 Å². The molecule has 0 unspecified atom stereocenters. The lowest BCUT2D eigenvalue weighted by Gasteiger charge is -2.23. The van der Waals surface area contributed by atoms with Crippen molar-refractivity contribution >= 4 is 17.1 Å². The van der Waals surface area contributed by atoms with Crippen LogP contribution in [-0.2, 0) is 0 Å². The fourth-order valence-corrected chi connectivity index (χ4v) is 3.62. The normalized spacial score (nSPS) is 10.9. The molecular formula is C25H33N5. The van der Waals surface area contributed by atoms with Gasteiger partial charge in [0.1, 0.15) is 0 Å². The smallest absolute Gasteiger partial charge is 0.0685 e. The fourth-order valence-electron chi connectivity index (χ4n) is 3.62. The lowest BCUT2D eigenvalue weighted by Crippen LogP contribution is -2.21. The SMILES string of the molecule is CCN(CC)c1ccc(C(c2ccc(N(C)C)cn2)c2ccc(N(C)C)cn2)cc1. The number of nitrogens with zero attached hydrogens (tertiary/aromatic N) is 5. The van der Waals surface area contributed by atoms with E-state index >= 15 is 0 Å². The molecule has 3 aromatic rings. The molecular weight excluding hydrogens is 370 g/mol. The molecule has 0 spiro atoms. The predicted molar refractivity (Wildman–Crippen MR) is 128 cm³/mol. The van der Waals surface area contributed by atoms with Crippen LogP contribution in [-0.4, -0.2) is 51.2 Å². The maximum atomic E-state index is 4.80. The van der Waals surface area contributed by atoms with Gasteiger partial charge in [-0.2, -0.15) is 0 Å². The molecule has 2 heterocycles. The third-order valence-electron chi connectivity index (χ3n) is 5.52. The highest BCUT2D eigenvalue weighted by molar-refractivity contribution is 5.52. The van der Waals surface area contributed by atoms with Gasteiger partial charge in [0.2, 0.25) is 0 Å². The maximum Gasteiger partial charge on any atom is 0.0685 e. The third-order valence-corrected chi connectivity index (χ3v) is 5.52. The zero-order valence-electron chi connectivity index (χ0n) is 19.0. The van der Waals surface area contributed by atoms with E-state index in [0.29, 0.717) is 0 Å². The number of anilines is 3. The molecule has 3 rings (SSSR count). The van der Waals surface area contributed by atoms with Crippen LogP contribution in [0.3, 0.4) is 0 Å². The molecule has 0 saturated carbocycles. The Hall–Kier alpha value is -3.08. The summed E-state index contributed by atoms with van der Waals surface area (Å²) in [5, 5.41) is 0. The molecule has 5 nitrogen and oxygen atoms in total. The van der Waals surface area contributed by atoms with Gasteiger partial charge in [0, 0.05) is 47.0 Å². The number of hydrogen-bond acceptors (Lipinski definition) is 5. The molecule has 0 aliphatic rings. The second kappa shape index (κ2) is 9.61. The van der Waals surface area contributed by atoms with Crippen LogP contribution in [0.25, 0.3) is 0 Å². The van der Waals surface area contributed by atoms with E-state index in [0.717, 1.165) is 35.9 Å². The summed E-state index contributed by atoms with van der Waals surface area (Å²) in [6.07, 6.45) is 3.86. The minimum absolute atomic E-state index is 0.0109. The van der Waals surface area contributed by atoms with Gasteiger partial charge in [0.25, 0.3) is 0 Å². The zero-order valence-corrected chi connectivity index (χ0v) is 19.0. The van der Waals surface area contributed by atoms with E-state index in [2.05, 4.69) is 77.1 Å². The first-order valence-corrected chi connectivity index (χ1v) is 10.6. The lowest BCUT2D eigenvalue weighted by atomic mass is 9.91. The van der Waals surface area contributed by atoms with Crippen molar-refractivity contribution in [3.63, 3.8) is 0 Å². The molecule has 0 N–H and O–H groups in total. The van der Waals surface area contributed by atoms with E-state index in [1.54, 1.807) is 0 Å². The van der Waals surface area contributed by atoms with Crippen LogP contribution in [0, 0.1) is 0 Å². The molecule has 0 amide bonds. The average molecular weight is 404 g/mol. The first-order valence-electron chi connectivity index (χ1n) is 10.6. The predicted octanol–water partition coefficient (Wildman–Crippen LogP) is 4.64. The van der Waals surface area contributed by atoms with Crippen LogP contribution in [0.4, 0.5) is 17.1 Å². The third kappa shape index (κ3) is 4.73. The van der Waals surface area contributed by atoms with Gasteiger partial charge in [-0.3, -0.25) is 9.97 Å². The van der Waals surface area contributed by atoms with Gasteiger partial charge in [0.15, 0.2) is 0 Å². The quantitative estimate of drug-likeness (QED) is 0.548.